The maximum absolute atomic E-state index is 13.0. The maximum Gasteiger partial charge on any atom is 0.234 e. The SMILES string of the molecule is CC(C)(C)c1nnc(SCC(=O)Nc2ccc(F)cc2Cl)n1N. The molecule has 0 unspecified atom stereocenters. The number of hydrogen-bond acceptors (Lipinski definition) is 5. The zero-order valence-corrected chi connectivity index (χ0v) is 14.5. The third kappa shape index (κ3) is 4.35. The Bertz CT molecular complexity index is 728. The fraction of sp³-hybridized carbons (Fsp3) is 0.357. The summed E-state index contributed by atoms with van der Waals surface area (Å²) < 4.78 is 14.3. The van der Waals surface area contributed by atoms with Crippen molar-refractivity contribution in [1.29, 1.82) is 0 Å². The maximum atomic E-state index is 13.0. The van der Waals surface area contributed by atoms with Crippen LogP contribution < -0.4 is 11.2 Å². The van der Waals surface area contributed by atoms with Crippen molar-refractivity contribution in [1.82, 2.24) is 14.9 Å². The zero-order chi connectivity index (χ0) is 17.2. The van der Waals surface area contributed by atoms with E-state index >= 15 is 0 Å². The molecule has 0 saturated carbocycles. The standard InChI is InChI=1S/C14H17ClFN5OS/c1-14(2,3)12-19-20-13(21(12)17)23-7-11(22)18-10-5-4-8(16)6-9(10)15/h4-6H,7,17H2,1-3H3,(H,18,22). The van der Waals surface area contributed by atoms with Crippen LogP contribution >= 0.6 is 23.4 Å². The van der Waals surface area contributed by atoms with Crippen molar-refractivity contribution in [2.24, 2.45) is 0 Å². The molecule has 0 aliphatic heterocycles. The average molecular weight is 358 g/mol. The van der Waals surface area contributed by atoms with E-state index in [1.807, 2.05) is 20.8 Å². The van der Waals surface area contributed by atoms with Gasteiger partial charge >= 0.3 is 0 Å². The lowest BCUT2D eigenvalue weighted by molar-refractivity contribution is -0.113. The summed E-state index contributed by atoms with van der Waals surface area (Å²) in [7, 11) is 0. The molecule has 0 aliphatic carbocycles. The second kappa shape index (κ2) is 6.76. The van der Waals surface area contributed by atoms with Crippen molar-refractivity contribution in [3.05, 3.63) is 34.9 Å². The topological polar surface area (TPSA) is 85.8 Å². The van der Waals surface area contributed by atoms with Crippen LogP contribution in [0.3, 0.4) is 0 Å². The van der Waals surface area contributed by atoms with Gasteiger partial charge in [0.05, 0.1) is 16.5 Å². The number of benzene rings is 1. The average Bonchev–Trinajstić information content (AvgIpc) is 2.81. The Kier molecular flexibility index (Phi) is 5.16. The number of thioether (sulfide) groups is 1. The monoisotopic (exact) mass is 357 g/mol. The number of rotatable bonds is 4. The van der Waals surface area contributed by atoms with Crippen molar-refractivity contribution in [3.63, 3.8) is 0 Å². The van der Waals surface area contributed by atoms with E-state index in [9.17, 15) is 9.18 Å². The minimum absolute atomic E-state index is 0.0766. The molecule has 0 radical (unpaired) electrons. The van der Waals surface area contributed by atoms with Crippen LogP contribution in [0.25, 0.3) is 0 Å². The lowest BCUT2D eigenvalue weighted by atomic mass is 9.96. The highest BCUT2D eigenvalue weighted by Crippen LogP contribution is 2.25. The molecule has 0 spiro atoms. The number of anilines is 1. The summed E-state index contributed by atoms with van der Waals surface area (Å²) in [6, 6.07) is 3.76. The van der Waals surface area contributed by atoms with E-state index in [1.54, 1.807) is 0 Å². The van der Waals surface area contributed by atoms with Crippen molar-refractivity contribution in [2.45, 2.75) is 31.3 Å². The van der Waals surface area contributed by atoms with Crippen LogP contribution in [0.1, 0.15) is 26.6 Å². The van der Waals surface area contributed by atoms with Crippen molar-refractivity contribution < 1.29 is 9.18 Å². The molecule has 0 saturated heterocycles. The van der Waals surface area contributed by atoms with E-state index in [0.717, 1.165) is 17.8 Å². The third-order valence-corrected chi connectivity index (χ3v) is 4.13. The molecular weight excluding hydrogens is 341 g/mol. The van der Waals surface area contributed by atoms with E-state index in [-0.39, 0.29) is 22.1 Å². The largest absolute Gasteiger partial charge is 0.336 e. The number of nitrogens with one attached hydrogen (secondary N) is 1. The van der Waals surface area contributed by atoms with Gasteiger partial charge in [-0.1, -0.05) is 44.1 Å². The molecule has 1 heterocycles. The molecule has 6 nitrogen and oxygen atoms in total. The van der Waals surface area contributed by atoms with Gasteiger partial charge in [-0.25, -0.2) is 9.07 Å². The highest BCUT2D eigenvalue weighted by molar-refractivity contribution is 7.99. The normalized spacial score (nSPS) is 11.5. The summed E-state index contributed by atoms with van der Waals surface area (Å²) >= 11 is 7.02. The molecule has 124 valence electrons. The van der Waals surface area contributed by atoms with Gasteiger partial charge in [0.2, 0.25) is 11.1 Å². The minimum Gasteiger partial charge on any atom is -0.336 e. The molecule has 1 amide bonds. The summed E-state index contributed by atoms with van der Waals surface area (Å²) in [6.07, 6.45) is 0. The van der Waals surface area contributed by atoms with Gasteiger partial charge in [0, 0.05) is 5.41 Å². The highest BCUT2D eigenvalue weighted by atomic mass is 35.5. The summed E-state index contributed by atoms with van der Waals surface area (Å²) in [5, 5.41) is 11.2. The van der Waals surface area contributed by atoms with Gasteiger partial charge in [0.1, 0.15) is 5.82 Å². The number of aromatic nitrogens is 3. The molecule has 1 aromatic carbocycles. The lowest BCUT2D eigenvalue weighted by Gasteiger charge is -2.16. The first kappa shape index (κ1) is 17.6. The Balaban J connectivity index is 1.98. The second-order valence-electron chi connectivity index (χ2n) is 5.89. The summed E-state index contributed by atoms with van der Waals surface area (Å²) in [6.45, 7) is 5.91. The van der Waals surface area contributed by atoms with Crippen LogP contribution in [-0.2, 0) is 10.2 Å². The van der Waals surface area contributed by atoms with Gasteiger partial charge in [0.15, 0.2) is 5.82 Å². The van der Waals surface area contributed by atoms with Crippen LogP contribution in [0.4, 0.5) is 10.1 Å². The molecule has 0 bridgehead atoms. The Labute approximate surface area is 142 Å². The number of halogens is 2. The first-order chi connectivity index (χ1) is 10.7. The molecular formula is C14H17ClFN5OS. The predicted molar refractivity (Wildman–Crippen MR) is 89.6 cm³/mol. The molecule has 0 fully saturated rings. The molecule has 1 aromatic heterocycles. The van der Waals surface area contributed by atoms with Gasteiger partial charge in [-0.3, -0.25) is 4.79 Å². The third-order valence-electron chi connectivity index (χ3n) is 2.87. The second-order valence-corrected chi connectivity index (χ2v) is 7.24. The number of hydrogen-bond donors (Lipinski definition) is 2. The minimum atomic E-state index is -0.465. The molecule has 2 aromatic rings. The molecule has 0 aliphatic rings. The van der Waals surface area contributed by atoms with E-state index in [4.69, 9.17) is 17.4 Å². The Morgan fingerprint density at radius 2 is 2.13 bits per heavy atom. The molecule has 3 N–H and O–H groups in total. The zero-order valence-electron chi connectivity index (χ0n) is 12.9. The lowest BCUT2D eigenvalue weighted by Crippen LogP contribution is -2.24. The van der Waals surface area contributed by atoms with Gasteiger partial charge in [-0.15, -0.1) is 10.2 Å². The summed E-state index contributed by atoms with van der Waals surface area (Å²) in [4.78, 5) is 12.0. The molecule has 23 heavy (non-hydrogen) atoms. The van der Waals surface area contributed by atoms with Gasteiger partial charge < -0.3 is 11.2 Å². The summed E-state index contributed by atoms with van der Waals surface area (Å²) in [5.41, 5.74) is 0.105. The smallest absolute Gasteiger partial charge is 0.234 e. The van der Waals surface area contributed by atoms with Gasteiger partial charge in [0.25, 0.3) is 0 Å². The highest BCUT2D eigenvalue weighted by Gasteiger charge is 2.23. The van der Waals surface area contributed by atoms with Crippen LogP contribution in [0, 0.1) is 5.82 Å². The Morgan fingerprint density at radius 1 is 1.43 bits per heavy atom. The molecule has 0 atom stereocenters. The van der Waals surface area contributed by atoms with Gasteiger partial charge in [-0.2, -0.15) is 0 Å². The van der Waals surface area contributed by atoms with E-state index in [1.165, 1.54) is 16.8 Å². The van der Waals surface area contributed by atoms with E-state index in [0.29, 0.717) is 16.7 Å². The number of amides is 1. The fourth-order valence-corrected chi connectivity index (χ4v) is 2.67. The molecule has 2 rings (SSSR count). The van der Waals surface area contributed by atoms with E-state index < -0.39 is 5.82 Å². The fourth-order valence-electron chi connectivity index (χ4n) is 1.79. The van der Waals surface area contributed by atoms with E-state index in [2.05, 4.69) is 15.5 Å². The van der Waals surface area contributed by atoms with Crippen molar-refractivity contribution in [3.8, 4) is 0 Å². The Morgan fingerprint density at radius 3 is 2.70 bits per heavy atom. The Hall–Kier alpha value is -1.80. The number of nitrogens with two attached hydrogens (primary N) is 1. The number of nitrogens with zero attached hydrogens (tertiary/aromatic N) is 3. The molecule has 9 heteroatoms. The quantitative estimate of drug-likeness (QED) is 0.649. The number of carbonyl (C=O) groups is 1. The van der Waals surface area contributed by atoms with Crippen LogP contribution in [-0.4, -0.2) is 26.5 Å². The van der Waals surface area contributed by atoms with Crippen LogP contribution in [0.15, 0.2) is 23.4 Å². The number of nitrogen functional groups attached to an aromatic ring is 1. The number of carbonyl (C=O) groups excluding carboxylic acids is 1. The van der Waals surface area contributed by atoms with Crippen molar-refractivity contribution >= 4 is 35.0 Å². The van der Waals surface area contributed by atoms with Crippen LogP contribution in [0.5, 0.6) is 0 Å². The first-order valence-corrected chi connectivity index (χ1v) is 8.13. The van der Waals surface area contributed by atoms with Gasteiger partial charge in [-0.05, 0) is 18.2 Å². The first-order valence-electron chi connectivity index (χ1n) is 6.77. The van der Waals surface area contributed by atoms with Crippen molar-refractivity contribution in [2.75, 3.05) is 16.9 Å². The summed E-state index contributed by atoms with van der Waals surface area (Å²) in [5.74, 6) is 5.88. The van der Waals surface area contributed by atoms with Crippen LogP contribution in [0.2, 0.25) is 5.02 Å². The predicted octanol–water partition coefficient (Wildman–Crippen LogP) is 2.81.